The molecule has 3 heterocycles. The third-order valence-electron chi connectivity index (χ3n) is 4.51. The first-order valence-electron chi connectivity index (χ1n) is 9.86. The average Bonchev–Trinajstić information content (AvgIpc) is 3.40. The number of aromatic nitrogens is 5. The largest absolute Gasteiger partial charge is 0.494 e. The lowest BCUT2D eigenvalue weighted by atomic mass is 10.2. The zero-order valence-electron chi connectivity index (χ0n) is 16.8. The Morgan fingerprint density at radius 2 is 2.00 bits per heavy atom. The van der Waals surface area contributed by atoms with Crippen LogP contribution >= 0.6 is 0 Å². The standard InChI is InChI=1S/C21H22N6O3/c1-3-6-17-23-21(30-26-17)16-7-5-12-27-18(24-25-19(16)27)13-22-20(28)14-8-10-15(11-9-14)29-4-2/h5,7-12H,3-4,6,13H2,1-2H3,(H,22,28). The minimum Gasteiger partial charge on any atom is -0.494 e. The minimum absolute atomic E-state index is 0.202. The van der Waals surface area contributed by atoms with Crippen LogP contribution < -0.4 is 10.1 Å². The molecule has 3 aromatic heterocycles. The van der Waals surface area contributed by atoms with Crippen LogP contribution in [-0.4, -0.2) is 37.3 Å². The number of nitrogens with zero attached hydrogens (tertiary/aromatic N) is 5. The van der Waals surface area contributed by atoms with Crippen molar-refractivity contribution in [3.05, 3.63) is 59.8 Å². The number of benzene rings is 1. The van der Waals surface area contributed by atoms with Crippen LogP contribution in [0.3, 0.4) is 0 Å². The smallest absolute Gasteiger partial charge is 0.261 e. The fourth-order valence-electron chi connectivity index (χ4n) is 3.07. The lowest BCUT2D eigenvalue weighted by Crippen LogP contribution is -2.23. The normalized spacial score (nSPS) is 11.0. The number of hydrogen-bond donors (Lipinski definition) is 1. The van der Waals surface area contributed by atoms with Crippen LogP contribution in [-0.2, 0) is 13.0 Å². The second-order valence-electron chi connectivity index (χ2n) is 6.64. The SMILES string of the molecule is CCCc1noc(-c2cccn3c(CNC(=O)c4ccc(OCC)cc4)nnc23)n1. The number of fused-ring (bicyclic) bond motifs is 1. The van der Waals surface area contributed by atoms with Crippen molar-refractivity contribution in [2.45, 2.75) is 33.2 Å². The highest BCUT2D eigenvalue weighted by Gasteiger charge is 2.16. The first-order chi connectivity index (χ1) is 14.7. The monoisotopic (exact) mass is 406 g/mol. The van der Waals surface area contributed by atoms with Gasteiger partial charge in [0.05, 0.1) is 18.7 Å². The number of pyridine rings is 1. The Labute approximate surface area is 173 Å². The quantitative estimate of drug-likeness (QED) is 0.479. The summed E-state index contributed by atoms with van der Waals surface area (Å²) in [7, 11) is 0. The zero-order valence-corrected chi connectivity index (χ0v) is 16.8. The van der Waals surface area contributed by atoms with Gasteiger partial charge >= 0.3 is 0 Å². The van der Waals surface area contributed by atoms with E-state index in [0.717, 1.165) is 18.6 Å². The second-order valence-corrected chi connectivity index (χ2v) is 6.64. The molecule has 0 saturated carbocycles. The molecule has 0 bridgehead atoms. The molecule has 9 heteroatoms. The fraction of sp³-hybridized carbons (Fsp3) is 0.286. The van der Waals surface area contributed by atoms with Gasteiger partial charge in [-0.15, -0.1) is 10.2 Å². The van der Waals surface area contributed by atoms with Gasteiger partial charge in [0.2, 0.25) is 0 Å². The molecule has 0 spiro atoms. The number of ether oxygens (including phenoxy) is 1. The van der Waals surface area contributed by atoms with Gasteiger partial charge < -0.3 is 14.6 Å². The average molecular weight is 406 g/mol. The van der Waals surface area contributed by atoms with E-state index in [1.54, 1.807) is 28.7 Å². The van der Waals surface area contributed by atoms with Gasteiger partial charge in [-0.05, 0) is 49.7 Å². The van der Waals surface area contributed by atoms with E-state index >= 15 is 0 Å². The van der Waals surface area contributed by atoms with Crippen molar-refractivity contribution in [2.75, 3.05) is 6.61 Å². The van der Waals surface area contributed by atoms with Gasteiger partial charge in [-0.1, -0.05) is 12.1 Å². The number of hydrogen-bond acceptors (Lipinski definition) is 7. The first kappa shape index (κ1) is 19.6. The van der Waals surface area contributed by atoms with Crippen LogP contribution in [0.25, 0.3) is 17.1 Å². The molecule has 9 nitrogen and oxygen atoms in total. The van der Waals surface area contributed by atoms with Crippen LogP contribution in [0, 0.1) is 0 Å². The van der Waals surface area contributed by atoms with Gasteiger partial charge in [-0.3, -0.25) is 9.20 Å². The van der Waals surface area contributed by atoms with Gasteiger partial charge in [-0.2, -0.15) is 4.98 Å². The van der Waals surface area contributed by atoms with E-state index in [1.165, 1.54) is 0 Å². The van der Waals surface area contributed by atoms with E-state index < -0.39 is 0 Å². The third-order valence-corrected chi connectivity index (χ3v) is 4.51. The molecule has 1 amide bonds. The van der Waals surface area contributed by atoms with Gasteiger partial charge in [0.15, 0.2) is 17.3 Å². The Bertz CT molecular complexity index is 1150. The van der Waals surface area contributed by atoms with Crippen molar-refractivity contribution in [3.63, 3.8) is 0 Å². The van der Waals surface area contributed by atoms with Crippen molar-refractivity contribution in [1.82, 2.24) is 30.1 Å². The zero-order chi connectivity index (χ0) is 20.9. The predicted octanol–water partition coefficient (Wildman–Crippen LogP) is 3.06. The van der Waals surface area contributed by atoms with E-state index in [1.807, 2.05) is 25.3 Å². The van der Waals surface area contributed by atoms with Crippen LogP contribution in [0.5, 0.6) is 5.75 Å². The van der Waals surface area contributed by atoms with Gasteiger partial charge in [0, 0.05) is 18.2 Å². The van der Waals surface area contributed by atoms with E-state index in [9.17, 15) is 4.79 Å². The molecule has 0 aliphatic heterocycles. The molecule has 0 radical (unpaired) electrons. The molecular formula is C21H22N6O3. The summed E-state index contributed by atoms with van der Waals surface area (Å²) < 4.78 is 12.6. The summed E-state index contributed by atoms with van der Waals surface area (Å²) in [6, 6.07) is 10.7. The molecule has 30 heavy (non-hydrogen) atoms. The first-order valence-corrected chi connectivity index (χ1v) is 9.86. The summed E-state index contributed by atoms with van der Waals surface area (Å²) in [5, 5.41) is 15.3. The number of nitrogens with one attached hydrogen (secondary N) is 1. The topological polar surface area (TPSA) is 107 Å². The van der Waals surface area contributed by atoms with Crippen LogP contribution in [0.2, 0.25) is 0 Å². The van der Waals surface area contributed by atoms with Crippen molar-refractivity contribution in [1.29, 1.82) is 0 Å². The second kappa shape index (κ2) is 8.73. The summed E-state index contributed by atoms with van der Waals surface area (Å²) in [6.45, 7) is 4.78. The van der Waals surface area contributed by atoms with Crippen molar-refractivity contribution in [2.24, 2.45) is 0 Å². The fourth-order valence-corrected chi connectivity index (χ4v) is 3.07. The Balaban J connectivity index is 1.50. The molecular weight excluding hydrogens is 384 g/mol. The number of aryl methyl sites for hydroxylation is 1. The number of carbonyl (C=O) groups is 1. The maximum Gasteiger partial charge on any atom is 0.261 e. The highest BCUT2D eigenvalue weighted by Crippen LogP contribution is 2.22. The van der Waals surface area contributed by atoms with Gasteiger partial charge in [0.1, 0.15) is 5.75 Å². The lowest BCUT2D eigenvalue weighted by Gasteiger charge is -2.06. The molecule has 0 aliphatic rings. The number of rotatable bonds is 8. The highest BCUT2D eigenvalue weighted by atomic mass is 16.5. The molecule has 0 saturated heterocycles. The number of carbonyl (C=O) groups excluding carboxylic acids is 1. The Kier molecular flexibility index (Phi) is 5.69. The van der Waals surface area contributed by atoms with Crippen LogP contribution in [0.4, 0.5) is 0 Å². The maximum absolute atomic E-state index is 12.5. The molecule has 1 aromatic carbocycles. The Morgan fingerprint density at radius 3 is 2.77 bits per heavy atom. The van der Waals surface area contributed by atoms with Crippen molar-refractivity contribution < 1.29 is 14.1 Å². The summed E-state index contributed by atoms with van der Waals surface area (Å²) in [6.07, 6.45) is 3.52. The van der Waals surface area contributed by atoms with Crippen LogP contribution in [0.1, 0.15) is 42.3 Å². The van der Waals surface area contributed by atoms with Gasteiger partial charge in [0.25, 0.3) is 11.8 Å². The summed E-state index contributed by atoms with van der Waals surface area (Å²) in [5.41, 5.74) is 1.83. The van der Waals surface area contributed by atoms with Gasteiger partial charge in [-0.25, -0.2) is 0 Å². The molecule has 4 rings (SSSR count). The lowest BCUT2D eigenvalue weighted by molar-refractivity contribution is 0.0949. The van der Waals surface area contributed by atoms with E-state index in [2.05, 4.69) is 32.6 Å². The Hall–Kier alpha value is -3.75. The van der Waals surface area contributed by atoms with Crippen molar-refractivity contribution in [3.8, 4) is 17.2 Å². The van der Waals surface area contributed by atoms with Crippen LogP contribution in [0.15, 0.2) is 47.1 Å². The molecule has 0 unspecified atom stereocenters. The molecule has 0 atom stereocenters. The number of amides is 1. The van der Waals surface area contributed by atoms with E-state index in [0.29, 0.717) is 40.9 Å². The predicted molar refractivity (Wildman–Crippen MR) is 109 cm³/mol. The summed E-state index contributed by atoms with van der Waals surface area (Å²) in [5.74, 6) is 2.19. The molecule has 0 fully saturated rings. The van der Waals surface area contributed by atoms with E-state index in [4.69, 9.17) is 9.26 Å². The molecule has 4 aromatic rings. The van der Waals surface area contributed by atoms with E-state index in [-0.39, 0.29) is 12.5 Å². The third kappa shape index (κ3) is 4.00. The Morgan fingerprint density at radius 1 is 1.17 bits per heavy atom. The summed E-state index contributed by atoms with van der Waals surface area (Å²) >= 11 is 0. The molecule has 1 N–H and O–H groups in total. The van der Waals surface area contributed by atoms with Crippen molar-refractivity contribution >= 4 is 11.6 Å². The summed E-state index contributed by atoms with van der Waals surface area (Å²) in [4.78, 5) is 16.9. The minimum atomic E-state index is -0.202. The maximum atomic E-state index is 12.5. The highest BCUT2D eigenvalue weighted by molar-refractivity contribution is 5.94. The molecule has 154 valence electrons. The molecule has 0 aliphatic carbocycles.